The maximum Gasteiger partial charge on any atom is 0.244 e. The number of piperidine rings is 2. The van der Waals surface area contributed by atoms with Gasteiger partial charge in [-0.25, -0.2) is 0 Å². The van der Waals surface area contributed by atoms with Gasteiger partial charge in [-0.05, 0) is 25.7 Å². The van der Waals surface area contributed by atoms with Gasteiger partial charge in [0.1, 0.15) is 12.1 Å². The minimum atomic E-state index is -0.516. The van der Waals surface area contributed by atoms with Crippen LogP contribution >= 0.6 is 23.2 Å². The molecule has 6 nitrogen and oxygen atoms in total. The summed E-state index contributed by atoms with van der Waals surface area (Å²) in [6, 6.07) is -1.13. The molecule has 124 valence electrons. The van der Waals surface area contributed by atoms with Crippen LogP contribution in [0.4, 0.5) is 0 Å². The average Bonchev–Trinajstić information content (AvgIpc) is 2.51. The molecule has 3 saturated heterocycles. The molecule has 0 aromatic heterocycles. The van der Waals surface area contributed by atoms with E-state index in [1.165, 1.54) is 0 Å². The summed E-state index contributed by atoms with van der Waals surface area (Å²) in [4.78, 5) is 24.8. The Morgan fingerprint density at radius 2 is 1.14 bits per heavy atom. The van der Waals surface area contributed by atoms with E-state index in [9.17, 15) is 9.59 Å². The van der Waals surface area contributed by atoms with Gasteiger partial charge >= 0.3 is 0 Å². The molecule has 22 heavy (non-hydrogen) atoms. The molecule has 0 bridgehead atoms. The highest BCUT2D eigenvalue weighted by molar-refractivity contribution is 6.21. The van der Waals surface area contributed by atoms with Crippen LogP contribution in [0.1, 0.15) is 25.7 Å². The van der Waals surface area contributed by atoms with Crippen LogP contribution in [0.5, 0.6) is 0 Å². The van der Waals surface area contributed by atoms with Crippen LogP contribution in [0.2, 0.25) is 0 Å². The van der Waals surface area contributed by atoms with Crippen LogP contribution in [0.25, 0.3) is 0 Å². The fraction of sp³-hybridized carbons (Fsp3) is 0.857. The van der Waals surface area contributed by atoms with Gasteiger partial charge in [-0.2, -0.15) is 0 Å². The van der Waals surface area contributed by atoms with Gasteiger partial charge in [0.2, 0.25) is 11.8 Å². The van der Waals surface area contributed by atoms with Crippen molar-refractivity contribution in [3.05, 3.63) is 0 Å². The molecule has 0 aromatic carbocycles. The Labute approximate surface area is 140 Å². The second kappa shape index (κ2) is 6.91. The zero-order valence-corrected chi connectivity index (χ0v) is 13.8. The van der Waals surface area contributed by atoms with Gasteiger partial charge in [0.25, 0.3) is 0 Å². The lowest BCUT2D eigenvalue weighted by Crippen LogP contribution is -2.71. The molecule has 0 aromatic rings. The van der Waals surface area contributed by atoms with Crippen molar-refractivity contribution in [3.63, 3.8) is 0 Å². The number of hydrogen-bond donors (Lipinski definition) is 4. The Kier molecular flexibility index (Phi) is 5.12. The van der Waals surface area contributed by atoms with Gasteiger partial charge in [0, 0.05) is 35.9 Å². The third kappa shape index (κ3) is 3.50. The number of rotatable bonds is 2. The molecule has 6 atom stereocenters. The van der Waals surface area contributed by atoms with Crippen molar-refractivity contribution in [2.75, 3.05) is 13.1 Å². The Bertz CT molecular complexity index is 395. The van der Waals surface area contributed by atoms with E-state index >= 15 is 0 Å². The molecular weight excluding hydrogens is 327 g/mol. The smallest absolute Gasteiger partial charge is 0.244 e. The number of carbonyl (C=O) groups is 2. The summed E-state index contributed by atoms with van der Waals surface area (Å²) in [7, 11) is 0. The van der Waals surface area contributed by atoms with Gasteiger partial charge in [-0.3, -0.25) is 9.59 Å². The summed E-state index contributed by atoms with van der Waals surface area (Å²) >= 11 is 12.1. The number of alkyl halides is 2. The lowest BCUT2D eigenvalue weighted by atomic mass is 9.91. The second-order valence-electron chi connectivity index (χ2n) is 6.35. The predicted octanol–water partition coefficient (Wildman–Crippen LogP) is -0.312. The van der Waals surface area contributed by atoms with Crippen molar-refractivity contribution in [2.45, 2.75) is 60.6 Å². The number of hydrogen-bond acceptors (Lipinski definition) is 4. The van der Waals surface area contributed by atoms with E-state index in [0.29, 0.717) is 13.1 Å². The standard InChI is InChI=1S/C14H22Cl2N4O2/c15-7-1-3-9(17-5-7)11-13(21)20-12(14(22)19-11)10-4-2-8(16)6-18-10/h7-12,17-18H,1-6H2,(H,19,22)(H,20,21)/t7-,8-,9-,10-,11+,12+/m0/s1. The molecule has 4 N–H and O–H groups in total. The van der Waals surface area contributed by atoms with Crippen LogP contribution in [0.15, 0.2) is 0 Å². The zero-order valence-electron chi connectivity index (χ0n) is 12.3. The van der Waals surface area contributed by atoms with Crippen LogP contribution < -0.4 is 21.3 Å². The monoisotopic (exact) mass is 348 g/mol. The number of halogens is 2. The molecule has 0 aliphatic carbocycles. The maximum absolute atomic E-state index is 12.4. The lowest BCUT2D eigenvalue weighted by Gasteiger charge is -2.40. The normalized spacial score (nSPS) is 43.4. The molecule has 0 saturated carbocycles. The van der Waals surface area contributed by atoms with E-state index in [0.717, 1.165) is 25.7 Å². The van der Waals surface area contributed by atoms with Crippen molar-refractivity contribution >= 4 is 35.0 Å². The molecule has 3 aliphatic heterocycles. The zero-order chi connectivity index (χ0) is 15.7. The van der Waals surface area contributed by atoms with Crippen LogP contribution in [0, 0.1) is 0 Å². The summed E-state index contributed by atoms with van der Waals surface area (Å²) in [5.41, 5.74) is 0. The first-order valence-electron chi connectivity index (χ1n) is 7.90. The largest absolute Gasteiger partial charge is 0.341 e. The van der Waals surface area contributed by atoms with Crippen molar-refractivity contribution in [3.8, 4) is 0 Å². The first kappa shape index (κ1) is 16.3. The van der Waals surface area contributed by atoms with Gasteiger partial charge in [-0.1, -0.05) is 0 Å². The molecule has 3 heterocycles. The van der Waals surface area contributed by atoms with E-state index in [2.05, 4.69) is 21.3 Å². The Balaban J connectivity index is 1.59. The molecular formula is C14H22Cl2N4O2. The van der Waals surface area contributed by atoms with E-state index in [1.54, 1.807) is 0 Å². The summed E-state index contributed by atoms with van der Waals surface area (Å²) in [6.45, 7) is 1.33. The molecule has 8 heteroatoms. The van der Waals surface area contributed by atoms with E-state index in [-0.39, 0.29) is 34.7 Å². The number of carbonyl (C=O) groups excluding carboxylic acids is 2. The van der Waals surface area contributed by atoms with Crippen LogP contribution in [-0.2, 0) is 9.59 Å². The summed E-state index contributed by atoms with van der Waals surface area (Å²) in [5.74, 6) is -0.241. The van der Waals surface area contributed by atoms with Crippen LogP contribution in [-0.4, -0.2) is 59.8 Å². The topological polar surface area (TPSA) is 82.3 Å². The van der Waals surface area contributed by atoms with E-state index in [4.69, 9.17) is 23.2 Å². The fourth-order valence-electron chi connectivity index (χ4n) is 3.44. The SMILES string of the molecule is O=C1N[C@H]([C@@H]2CC[C@H](Cl)CN2)C(=O)N[C@@H]1[C@@H]1CC[C@H](Cl)CN1. The predicted molar refractivity (Wildman–Crippen MR) is 85.2 cm³/mol. The quantitative estimate of drug-likeness (QED) is 0.516. The first-order chi connectivity index (χ1) is 10.5. The summed E-state index contributed by atoms with van der Waals surface area (Å²) in [6.07, 6.45) is 3.27. The van der Waals surface area contributed by atoms with E-state index in [1.807, 2.05) is 0 Å². The highest BCUT2D eigenvalue weighted by Crippen LogP contribution is 2.20. The molecule has 0 radical (unpaired) electrons. The van der Waals surface area contributed by atoms with Crippen molar-refractivity contribution in [1.82, 2.24) is 21.3 Å². The fourth-order valence-corrected chi connectivity index (χ4v) is 3.87. The summed E-state index contributed by atoms with van der Waals surface area (Å²) < 4.78 is 0. The molecule has 0 spiro atoms. The Hall–Kier alpha value is -0.560. The molecule has 0 unspecified atom stereocenters. The Morgan fingerprint density at radius 1 is 0.727 bits per heavy atom. The van der Waals surface area contributed by atoms with Gasteiger partial charge in [-0.15, -0.1) is 23.2 Å². The van der Waals surface area contributed by atoms with Crippen LogP contribution in [0.3, 0.4) is 0 Å². The molecule has 2 amide bonds. The second-order valence-corrected chi connectivity index (χ2v) is 7.59. The molecule has 3 rings (SSSR count). The van der Waals surface area contributed by atoms with Crippen molar-refractivity contribution in [1.29, 1.82) is 0 Å². The number of piperazine rings is 1. The van der Waals surface area contributed by atoms with Crippen molar-refractivity contribution < 1.29 is 9.59 Å². The van der Waals surface area contributed by atoms with Gasteiger partial charge < -0.3 is 21.3 Å². The highest BCUT2D eigenvalue weighted by Gasteiger charge is 2.42. The first-order valence-corrected chi connectivity index (χ1v) is 8.77. The van der Waals surface area contributed by atoms with Gasteiger partial charge in [0.15, 0.2) is 0 Å². The number of amides is 2. The van der Waals surface area contributed by atoms with Gasteiger partial charge in [0.05, 0.1) is 0 Å². The molecule has 3 fully saturated rings. The average molecular weight is 349 g/mol. The van der Waals surface area contributed by atoms with Crippen molar-refractivity contribution in [2.24, 2.45) is 0 Å². The summed E-state index contributed by atoms with van der Waals surface area (Å²) in [5, 5.41) is 12.5. The highest BCUT2D eigenvalue weighted by atomic mass is 35.5. The maximum atomic E-state index is 12.4. The molecule has 3 aliphatic rings. The minimum absolute atomic E-state index is 0.0496. The number of nitrogens with one attached hydrogen (secondary N) is 4. The lowest BCUT2D eigenvalue weighted by molar-refractivity contribution is -0.138. The van der Waals surface area contributed by atoms with E-state index < -0.39 is 12.1 Å². The minimum Gasteiger partial charge on any atom is -0.341 e. The third-order valence-corrected chi connectivity index (χ3v) is 5.50. The third-order valence-electron chi connectivity index (χ3n) is 4.75. The Morgan fingerprint density at radius 3 is 1.45 bits per heavy atom.